The lowest BCUT2D eigenvalue weighted by Crippen LogP contribution is -2.47. The van der Waals surface area contributed by atoms with Crippen molar-refractivity contribution in [2.75, 3.05) is 38.0 Å². The van der Waals surface area contributed by atoms with E-state index in [1.165, 1.54) is 6.20 Å². The number of rotatable bonds is 5. The summed E-state index contributed by atoms with van der Waals surface area (Å²) in [6.07, 6.45) is 4.85. The van der Waals surface area contributed by atoms with Gasteiger partial charge in [0.1, 0.15) is 11.3 Å². The highest BCUT2D eigenvalue weighted by molar-refractivity contribution is 6.32. The Balaban J connectivity index is 1.62. The van der Waals surface area contributed by atoms with E-state index in [9.17, 15) is 4.79 Å². The molecule has 8 nitrogen and oxygen atoms in total. The number of nitrogens with zero attached hydrogens (tertiary/aromatic N) is 4. The number of aromatic amines is 1. The molecule has 1 fully saturated rings. The number of hydrogen-bond acceptors (Lipinski definition) is 7. The standard InChI is InChI=1S/C14H18ClN7O/c15-13-11(7-20-21-14(13)23)18-4-6-22-5-3-16-8-12(22)10-1-2-17-9-19-10/h1-2,7,9,12,16H,3-6,8H2,(H2,18,21,23). The zero-order valence-corrected chi connectivity index (χ0v) is 13.3. The summed E-state index contributed by atoms with van der Waals surface area (Å²) in [4.78, 5) is 22.1. The zero-order valence-electron chi connectivity index (χ0n) is 12.5. The first-order chi connectivity index (χ1) is 11.3. The maximum absolute atomic E-state index is 11.4. The molecule has 3 N–H and O–H groups in total. The number of piperazine rings is 1. The van der Waals surface area contributed by atoms with Crippen LogP contribution >= 0.6 is 11.6 Å². The number of halogens is 1. The lowest BCUT2D eigenvalue weighted by Gasteiger charge is -2.35. The molecule has 0 aliphatic carbocycles. The Kier molecular flexibility index (Phi) is 5.16. The van der Waals surface area contributed by atoms with E-state index < -0.39 is 5.56 Å². The van der Waals surface area contributed by atoms with Gasteiger partial charge >= 0.3 is 0 Å². The number of H-pyrrole nitrogens is 1. The van der Waals surface area contributed by atoms with Gasteiger partial charge in [-0.25, -0.2) is 15.1 Å². The largest absolute Gasteiger partial charge is 0.381 e. The summed E-state index contributed by atoms with van der Waals surface area (Å²) >= 11 is 5.95. The molecule has 2 aromatic heterocycles. The molecule has 1 aliphatic heterocycles. The third-order valence-corrected chi connectivity index (χ3v) is 4.19. The summed E-state index contributed by atoms with van der Waals surface area (Å²) in [6.45, 7) is 4.18. The molecule has 1 saturated heterocycles. The van der Waals surface area contributed by atoms with Crippen LogP contribution in [0.5, 0.6) is 0 Å². The van der Waals surface area contributed by atoms with Gasteiger partial charge in [0, 0.05) is 38.9 Å². The van der Waals surface area contributed by atoms with Gasteiger partial charge in [-0.05, 0) is 6.07 Å². The Hall–Kier alpha value is -2.03. The lowest BCUT2D eigenvalue weighted by molar-refractivity contribution is 0.165. The molecule has 0 radical (unpaired) electrons. The zero-order chi connectivity index (χ0) is 16.1. The highest BCUT2D eigenvalue weighted by Gasteiger charge is 2.24. The maximum Gasteiger partial charge on any atom is 0.285 e. The Morgan fingerprint density at radius 1 is 1.48 bits per heavy atom. The summed E-state index contributed by atoms with van der Waals surface area (Å²) in [5.41, 5.74) is 1.16. The maximum atomic E-state index is 11.4. The molecule has 23 heavy (non-hydrogen) atoms. The van der Waals surface area contributed by atoms with Crippen molar-refractivity contribution in [3.8, 4) is 0 Å². The van der Waals surface area contributed by atoms with Crippen molar-refractivity contribution in [1.82, 2.24) is 30.4 Å². The fourth-order valence-corrected chi connectivity index (χ4v) is 2.80. The summed E-state index contributed by atoms with van der Waals surface area (Å²) in [7, 11) is 0. The van der Waals surface area contributed by atoms with E-state index in [1.807, 2.05) is 6.07 Å². The average Bonchev–Trinajstić information content (AvgIpc) is 2.60. The molecule has 0 bridgehead atoms. The van der Waals surface area contributed by atoms with Crippen LogP contribution in [0.25, 0.3) is 0 Å². The molecule has 1 atom stereocenters. The molecule has 3 rings (SSSR count). The normalized spacial score (nSPS) is 18.7. The van der Waals surface area contributed by atoms with Crippen LogP contribution in [-0.4, -0.2) is 57.8 Å². The monoisotopic (exact) mass is 335 g/mol. The highest BCUT2D eigenvalue weighted by atomic mass is 35.5. The smallest absolute Gasteiger partial charge is 0.285 e. The first-order valence-electron chi connectivity index (χ1n) is 7.43. The van der Waals surface area contributed by atoms with Crippen molar-refractivity contribution in [1.29, 1.82) is 0 Å². The van der Waals surface area contributed by atoms with Crippen LogP contribution in [0.3, 0.4) is 0 Å². The molecular formula is C14H18ClN7O. The SMILES string of the molecule is O=c1[nH]ncc(NCCN2CCNCC2c2ccncn2)c1Cl. The van der Waals surface area contributed by atoms with Gasteiger partial charge in [-0.15, -0.1) is 0 Å². The van der Waals surface area contributed by atoms with Crippen LogP contribution < -0.4 is 16.2 Å². The van der Waals surface area contributed by atoms with Crippen LogP contribution in [0.1, 0.15) is 11.7 Å². The van der Waals surface area contributed by atoms with E-state index in [0.29, 0.717) is 12.2 Å². The van der Waals surface area contributed by atoms with Crippen molar-refractivity contribution in [3.63, 3.8) is 0 Å². The van der Waals surface area contributed by atoms with E-state index in [4.69, 9.17) is 11.6 Å². The number of aromatic nitrogens is 4. The van der Waals surface area contributed by atoms with Crippen molar-refractivity contribution in [2.24, 2.45) is 0 Å². The van der Waals surface area contributed by atoms with Crippen molar-refractivity contribution in [3.05, 3.63) is 45.9 Å². The molecule has 1 unspecified atom stereocenters. The van der Waals surface area contributed by atoms with Crippen molar-refractivity contribution in [2.45, 2.75) is 6.04 Å². The second-order valence-electron chi connectivity index (χ2n) is 5.24. The van der Waals surface area contributed by atoms with Crippen LogP contribution in [-0.2, 0) is 0 Å². The molecule has 0 spiro atoms. The average molecular weight is 336 g/mol. The third-order valence-electron chi connectivity index (χ3n) is 3.81. The van der Waals surface area contributed by atoms with Gasteiger partial charge < -0.3 is 10.6 Å². The van der Waals surface area contributed by atoms with E-state index in [1.54, 1.807) is 12.5 Å². The minimum Gasteiger partial charge on any atom is -0.381 e. The van der Waals surface area contributed by atoms with E-state index in [2.05, 4.69) is 35.7 Å². The minimum atomic E-state index is -0.391. The predicted octanol–water partition coefficient (Wildman–Crippen LogP) is 0.272. The first kappa shape index (κ1) is 15.9. The fraction of sp³-hybridized carbons (Fsp3) is 0.429. The minimum absolute atomic E-state index is 0.132. The molecule has 0 amide bonds. The summed E-state index contributed by atoms with van der Waals surface area (Å²) in [6, 6.07) is 2.15. The van der Waals surface area contributed by atoms with Gasteiger partial charge in [0.2, 0.25) is 0 Å². The molecule has 0 aromatic carbocycles. The summed E-state index contributed by atoms with van der Waals surface area (Å²) in [5.74, 6) is 0. The van der Waals surface area contributed by atoms with E-state index in [-0.39, 0.29) is 11.1 Å². The van der Waals surface area contributed by atoms with E-state index in [0.717, 1.165) is 31.9 Å². The summed E-state index contributed by atoms with van der Waals surface area (Å²) < 4.78 is 0. The van der Waals surface area contributed by atoms with Gasteiger partial charge in [-0.2, -0.15) is 5.10 Å². The molecule has 9 heteroatoms. The number of anilines is 1. The first-order valence-corrected chi connectivity index (χ1v) is 7.81. The molecule has 1 aliphatic rings. The van der Waals surface area contributed by atoms with E-state index >= 15 is 0 Å². The van der Waals surface area contributed by atoms with Crippen molar-refractivity contribution >= 4 is 17.3 Å². The Morgan fingerprint density at radius 2 is 2.39 bits per heavy atom. The third kappa shape index (κ3) is 3.84. The van der Waals surface area contributed by atoms with Gasteiger partial charge in [-0.1, -0.05) is 11.6 Å². The molecule has 2 aromatic rings. The second-order valence-corrected chi connectivity index (χ2v) is 5.62. The quantitative estimate of drug-likeness (QED) is 0.721. The molecule has 0 saturated carbocycles. The molecule has 3 heterocycles. The number of hydrogen-bond donors (Lipinski definition) is 3. The Bertz CT molecular complexity index is 693. The second kappa shape index (κ2) is 7.49. The van der Waals surface area contributed by atoms with Gasteiger partial charge in [0.05, 0.1) is 23.6 Å². The van der Waals surface area contributed by atoms with Gasteiger partial charge in [0.25, 0.3) is 5.56 Å². The molecule has 122 valence electrons. The van der Waals surface area contributed by atoms with Crippen LogP contribution in [0.15, 0.2) is 29.6 Å². The van der Waals surface area contributed by atoms with Crippen molar-refractivity contribution < 1.29 is 0 Å². The lowest BCUT2D eigenvalue weighted by atomic mass is 10.1. The number of nitrogens with one attached hydrogen (secondary N) is 3. The van der Waals surface area contributed by atoms with Crippen LogP contribution in [0, 0.1) is 0 Å². The summed E-state index contributed by atoms with van der Waals surface area (Å²) in [5, 5.41) is 12.7. The topological polar surface area (TPSA) is 98.8 Å². The van der Waals surface area contributed by atoms with Crippen LogP contribution in [0.2, 0.25) is 5.02 Å². The predicted molar refractivity (Wildman–Crippen MR) is 87.6 cm³/mol. The fourth-order valence-electron chi connectivity index (χ4n) is 2.64. The highest BCUT2D eigenvalue weighted by Crippen LogP contribution is 2.20. The van der Waals surface area contributed by atoms with Gasteiger partial charge in [0.15, 0.2) is 0 Å². The molecular weight excluding hydrogens is 318 g/mol. The van der Waals surface area contributed by atoms with Crippen LogP contribution in [0.4, 0.5) is 5.69 Å². The Labute approximate surface area is 138 Å². The van der Waals surface area contributed by atoms with Gasteiger partial charge in [-0.3, -0.25) is 9.69 Å². The Morgan fingerprint density at radius 3 is 3.22 bits per heavy atom.